The van der Waals surface area contributed by atoms with E-state index in [1.807, 2.05) is 37.3 Å². The van der Waals surface area contributed by atoms with Crippen LogP contribution in [0.1, 0.15) is 6.92 Å². The molecule has 2 atom stereocenters. The van der Waals surface area contributed by atoms with Gasteiger partial charge in [-0.05, 0) is 31.2 Å². The van der Waals surface area contributed by atoms with Gasteiger partial charge in [-0.1, -0.05) is 29.8 Å². The molecule has 2 unspecified atom stereocenters. The zero-order valence-corrected chi connectivity index (χ0v) is 11.5. The van der Waals surface area contributed by atoms with E-state index in [9.17, 15) is 0 Å². The molecule has 4 N–H and O–H groups in total. The standard InChI is InChI=1S/C6H7N.C5H6N2.C3H5ClO/c7-6-4-2-1-3-5-6;6-5-1-3-7-4-2-5;1-2-3(4)5-2/h1-5H,7H2;1-4H,(H2,6,7);2-3H,1H3. The molecule has 1 saturated heterocycles. The third-order valence-corrected chi connectivity index (χ3v) is 2.60. The number of hydrogen-bond donors (Lipinski definition) is 2. The highest BCUT2D eigenvalue weighted by molar-refractivity contribution is 6.21. The van der Waals surface area contributed by atoms with E-state index in [4.69, 9.17) is 23.1 Å². The van der Waals surface area contributed by atoms with Crippen LogP contribution in [0.25, 0.3) is 0 Å². The Morgan fingerprint density at radius 2 is 1.42 bits per heavy atom. The molecule has 1 aliphatic rings. The molecular weight excluding hydrogens is 262 g/mol. The molecule has 0 radical (unpaired) electrons. The first kappa shape index (κ1) is 15.3. The minimum absolute atomic E-state index is 0.0231. The maximum atomic E-state index is 5.36. The summed E-state index contributed by atoms with van der Waals surface area (Å²) in [5.41, 5.74) is 12.3. The van der Waals surface area contributed by atoms with Crippen LogP contribution in [-0.4, -0.2) is 16.7 Å². The SMILES string of the molecule is CC1OC1Cl.Nc1ccccc1.Nc1ccncc1. The quantitative estimate of drug-likeness (QED) is 0.442. The molecule has 5 heteroatoms. The van der Waals surface area contributed by atoms with Crippen molar-refractivity contribution in [2.45, 2.75) is 18.6 Å². The largest absolute Gasteiger partial charge is 0.399 e. The zero-order chi connectivity index (χ0) is 14.1. The van der Waals surface area contributed by atoms with Crippen molar-refractivity contribution in [1.29, 1.82) is 0 Å². The molecule has 1 aromatic heterocycles. The predicted octanol–water partition coefficient (Wildman–Crippen LogP) is 2.90. The van der Waals surface area contributed by atoms with E-state index < -0.39 is 0 Å². The monoisotopic (exact) mass is 279 g/mol. The summed E-state index contributed by atoms with van der Waals surface area (Å²) in [7, 11) is 0. The van der Waals surface area contributed by atoms with Gasteiger partial charge in [-0.15, -0.1) is 0 Å². The van der Waals surface area contributed by atoms with Crippen molar-refractivity contribution in [3.63, 3.8) is 0 Å². The summed E-state index contributed by atoms with van der Waals surface area (Å²) in [4.78, 5) is 3.77. The number of pyridine rings is 1. The number of rotatable bonds is 0. The van der Waals surface area contributed by atoms with Crippen LogP contribution in [0.4, 0.5) is 11.4 Å². The second-order valence-electron chi connectivity index (χ2n) is 3.88. The average Bonchev–Trinajstić information content (AvgIpc) is 3.06. The van der Waals surface area contributed by atoms with Crippen LogP contribution in [0, 0.1) is 0 Å². The molecule has 1 aromatic carbocycles. The number of nitrogens with two attached hydrogens (primary N) is 2. The Balaban J connectivity index is 0.000000145. The van der Waals surface area contributed by atoms with Gasteiger partial charge in [-0.2, -0.15) is 0 Å². The number of nitrogen functional groups attached to an aromatic ring is 2. The second-order valence-corrected chi connectivity index (χ2v) is 4.31. The molecule has 0 spiro atoms. The smallest absolute Gasteiger partial charge is 0.157 e. The van der Waals surface area contributed by atoms with E-state index in [1.54, 1.807) is 24.5 Å². The summed E-state index contributed by atoms with van der Waals surface area (Å²) in [6.45, 7) is 1.94. The molecule has 2 aromatic rings. The van der Waals surface area contributed by atoms with E-state index in [0.717, 1.165) is 11.4 Å². The maximum Gasteiger partial charge on any atom is 0.157 e. The normalized spacial score (nSPS) is 19.3. The molecule has 19 heavy (non-hydrogen) atoms. The van der Waals surface area contributed by atoms with Crippen molar-refractivity contribution in [2.24, 2.45) is 0 Å². The van der Waals surface area contributed by atoms with Gasteiger partial charge in [0.05, 0.1) is 6.10 Å². The maximum absolute atomic E-state index is 5.36. The molecular formula is C14H18ClN3O. The highest BCUT2D eigenvalue weighted by atomic mass is 35.5. The number of benzene rings is 1. The number of nitrogens with zero attached hydrogens (tertiary/aromatic N) is 1. The summed E-state index contributed by atoms with van der Waals surface area (Å²) in [5.74, 6) is 0. The molecule has 0 amide bonds. The third-order valence-electron chi connectivity index (χ3n) is 2.14. The third kappa shape index (κ3) is 8.02. The number of halogens is 1. The highest BCUT2D eigenvalue weighted by Gasteiger charge is 2.30. The van der Waals surface area contributed by atoms with Crippen molar-refractivity contribution >= 4 is 23.0 Å². The lowest BCUT2D eigenvalue weighted by Crippen LogP contribution is -1.81. The minimum Gasteiger partial charge on any atom is -0.399 e. The predicted molar refractivity (Wildman–Crippen MR) is 79.7 cm³/mol. The Kier molecular flexibility index (Phi) is 6.71. The summed E-state index contributed by atoms with van der Waals surface area (Å²) in [6.07, 6.45) is 3.64. The summed E-state index contributed by atoms with van der Waals surface area (Å²) in [6, 6.07) is 13.0. The number of alkyl halides is 1. The van der Waals surface area contributed by atoms with Crippen LogP contribution < -0.4 is 11.5 Å². The molecule has 4 nitrogen and oxygen atoms in total. The van der Waals surface area contributed by atoms with Crippen molar-refractivity contribution in [1.82, 2.24) is 4.98 Å². The molecule has 0 bridgehead atoms. The van der Waals surface area contributed by atoms with Crippen molar-refractivity contribution in [3.05, 3.63) is 54.9 Å². The lowest BCUT2D eigenvalue weighted by atomic mass is 10.3. The number of epoxide rings is 1. The molecule has 1 aliphatic heterocycles. The first-order valence-electron chi connectivity index (χ1n) is 5.85. The van der Waals surface area contributed by atoms with Crippen LogP contribution in [0.5, 0.6) is 0 Å². The van der Waals surface area contributed by atoms with Crippen LogP contribution in [-0.2, 0) is 4.74 Å². The topological polar surface area (TPSA) is 77.5 Å². The van der Waals surface area contributed by atoms with E-state index >= 15 is 0 Å². The van der Waals surface area contributed by atoms with Gasteiger partial charge in [0.25, 0.3) is 0 Å². The van der Waals surface area contributed by atoms with Gasteiger partial charge in [-0.25, -0.2) is 0 Å². The molecule has 2 heterocycles. The Labute approximate surface area is 118 Å². The van der Waals surface area contributed by atoms with Gasteiger partial charge < -0.3 is 16.2 Å². The second kappa shape index (κ2) is 8.34. The lowest BCUT2D eigenvalue weighted by molar-refractivity contribution is 0.411. The highest BCUT2D eigenvalue weighted by Crippen LogP contribution is 2.23. The lowest BCUT2D eigenvalue weighted by Gasteiger charge is -1.83. The van der Waals surface area contributed by atoms with Gasteiger partial charge in [0.1, 0.15) is 0 Å². The number of anilines is 2. The van der Waals surface area contributed by atoms with Crippen molar-refractivity contribution < 1.29 is 4.74 Å². The minimum atomic E-state index is 0.0231. The summed E-state index contributed by atoms with van der Waals surface area (Å²) in [5, 5.41) is 0. The molecule has 3 rings (SSSR count). The molecule has 0 saturated carbocycles. The Hall–Kier alpha value is -1.78. The van der Waals surface area contributed by atoms with E-state index in [1.165, 1.54) is 0 Å². The van der Waals surface area contributed by atoms with Crippen molar-refractivity contribution in [3.8, 4) is 0 Å². The molecule has 1 fully saturated rings. The summed E-state index contributed by atoms with van der Waals surface area (Å²) < 4.78 is 4.68. The molecule has 102 valence electrons. The van der Waals surface area contributed by atoms with Gasteiger partial charge >= 0.3 is 0 Å². The average molecular weight is 280 g/mol. The van der Waals surface area contributed by atoms with Gasteiger partial charge in [0, 0.05) is 23.8 Å². The number of ether oxygens (including phenoxy) is 1. The van der Waals surface area contributed by atoms with E-state index in [-0.39, 0.29) is 5.56 Å². The first-order chi connectivity index (χ1) is 9.09. The fraction of sp³-hybridized carbons (Fsp3) is 0.214. The summed E-state index contributed by atoms with van der Waals surface area (Å²) >= 11 is 5.31. The number of para-hydroxylation sites is 1. The van der Waals surface area contributed by atoms with Crippen LogP contribution in [0.15, 0.2) is 54.9 Å². The Morgan fingerprint density at radius 3 is 1.63 bits per heavy atom. The fourth-order valence-corrected chi connectivity index (χ4v) is 1.14. The van der Waals surface area contributed by atoms with Gasteiger partial charge in [0.2, 0.25) is 0 Å². The Morgan fingerprint density at radius 1 is 1.00 bits per heavy atom. The van der Waals surface area contributed by atoms with Crippen molar-refractivity contribution in [2.75, 3.05) is 11.5 Å². The van der Waals surface area contributed by atoms with E-state index in [0.29, 0.717) is 6.10 Å². The van der Waals surface area contributed by atoms with Gasteiger partial charge in [-0.3, -0.25) is 4.98 Å². The van der Waals surface area contributed by atoms with Crippen LogP contribution in [0.3, 0.4) is 0 Å². The Bertz CT molecular complexity index is 409. The molecule has 0 aliphatic carbocycles. The first-order valence-corrected chi connectivity index (χ1v) is 6.29. The van der Waals surface area contributed by atoms with Crippen LogP contribution >= 0.6 is 11.6 Å². The van der Waals surface area contributed by atoms with Crippen LogP contribution in [0.2, 0.25) is 0 Å². The number of hydrogen-bond acceptors (Lipinski definition) is 4. The van der Waals surface area contributed by atoms with Gasteiger partial charge in [0.15, 0.2) is 5.56 Å². The van der Waals surface area contributed by atoms with E-state index in [2.05, 4.69) is 9.72 Å². The number of aromatic nitrogens is 1. The zero-order valence-electron chi connectivity index (χ0n) is 10.7. The fourth-order valence-electron chi connectivity index (χ4n) is 0.976.